The zero-order valence-electron chi connectivity index (χ0n) is 12.9. The molecule has 2 aliphatic carbocycles. The smallest absolute Gasteiger partial charge is 0.226 e. The van der Waals surface area contributed by atoms with Gasteiger partial charge in [-0.1, -0.05) is 32.1 Å². The molecular formula is C18H29NO. The van der Waals surface area contributed by atoms with Gasteiger partial charge in [0.15, 0.2) is 0 Å². The van der Waals surface area contributed by atoms with Crippen LogP contribution in [0.1, 0.15) is 64.7 Å². The first-order valence-electron chi connectivity index (χ1n) is 8.46. The molecule has 0 unspecified atom stereocenters. The van der Waals surface area contributed by atoms with E-state index in [0.717, 1.165) is 31.2 Å². The molecule has 0 saturated heterocycles. The van der Waals surface area contributed by atoms with Gasteiger partial charge in [-0.25, -0.2) is 0 Å². The highest BCUT2D eigenvalue weighted by molar-refractivity contribution is 5.79. The van der Waals surface area contributed by atoms with E-state index in [0.29, 0.717) is 12.5 Å². The van der Waals surface area contributed by atoms with E-state index in [9.17, 15) is 4.79 Å². The van der Waals surface area contributed by atoms with Crippen LogP contribution in [0.4, 0.5) is 0 Å². The maximum absolute atomic E-state index is 12.6. The lowest BCUT2D eigenvalue weighted by Gasteiger charge is -2.31. The van der Waals surface area contributed by atoms with Crippen molar-refractivity contribution >= 4 is 5.91 Å². The molecule has 0 aromatic heterocycles. The number of carbonyl (C=O) groups is 1. The topological polar surface area (TPSA) is 20.3 Å². The zero-order chi connectivity index (χ0) is 14.4. The molecule has 0 radical (unpaired) electrons. The van der Waals surface area contributed by atoms with Gasteiger partial charge in [-0.3, -0.25) is 4.79 Å². The van der Waals surface area contributed by atoms with Gasteiger partial charge in [0.25, 0.3) is 0 Å². The van der Waals surface area contributed by atoms with Crippen molar-refractivity contribution in [3.05, 3.63) is 0 Å². The Hall–Kier alpha value is -0.970. The lowest BCUT2D eigenvalue weighted by atomic mass is 9.79. The Labute approximate surface area is 124 Å². The predicted octanol–water partition coefficient (Wildman–Crippen LogP) is 3.85. The molecule has 2 fully saturated rings. The first-order valence-corrected chi connectivity index (χ1v) is 8.46. The second-order valence-corrected chi connectivity index (χ2v) is 6.73. The summed E-state index contributed by atoms with van der Waals surface area (Å²) in [5.74, 6) is 4.84. The number of hydrogen-bond acceptors (Lipinski definition) is 1. The lowest BCUT2D eigenvalue weighted by molar-refractivity contribution is -0.136. The van der Waals surface area contributed by atoms with Crippen LogP contribution in [0, 0.1) is 30.1 Å². The van der Waals surface area contributed by atoms with Crippen molar-refractivity contribution in [2.45, 2.75) is 64.7 Å². The average Bonchev–Trinajstić information content (AvgIpc) is 3.28. The Bertz CT molecular complexity index is 345. The van der Waals surface area contributed by atoms with Crippen LogP contribution in [-0.4, -0.2) is 23.9 Å². The van der Waals surface area contributed by atoms with Crippen LogP contribution >= 0.6 is 0 Å². The summed E-state index contributed by atoms with van der Waals surface area (Å²) in [6.07, 6.45) is 16.6. The quantitative estimate of drug-likeness (QED) is 0.646. The molecule has 2 aliphatic rings. The van der Waals surface area contributed by atoms with Gasteiger partial charge in [-0.2, -0.15) is 0 Å². The van der Waals surface area contributed by atoms with Crippen molar-refractivity contribution < 1.29 is 4.79 Å². The minimum Gasteiger partial charge on any atom is -0.331 e. The minimum absolute atomic E-state index is 0.250. The van der Waals surface area contributed by atoms with Crippen molar-refractivity contribution in [1.29, 1.82) is 0 Å². The van der Waals surface area contributed by atoms with Crippen molar-refractivity contribution in [3.8, 4) is 12.3 Å². The Morgan fingerprint density at radius 3 is 2.35 bits per heavy atom. The number of terminal acetylenes is 1. The van der Waals surface area contributed by atoms with Crippen molar-refractivity contribution in [3.63, 3.8) is 0 Å². The van der Waals surface area contributed by atoms with Gasteiger partial charge in [0.1, 0.15) is 0 Å². The van der Waals surface area contributed by atoms with Crippen LogP contribution in [0.5, 0.6) is 0 Å². The summed E-state index contributed by atoms with van der Waals surface area (Å²) >= 11 is 0. The van der Waals surface area contributed by atoms with Gasteiger partial charge >= 0.3 is 0 Å². The SMILES string of the molecule is C#CCN(CC1CC1)C(=O)C1CCC(CCCC)CC1. The summed E-state index contributed by atoms with van der Waals surface area (Å²) in [6.45, 7) is 3.66. The van der Waals surface area contributed by atoms with E-state index in [1.165, 1.54) is 44.9 Å². The number of rotatable bonds is 7. The van der Waals surface area contributed by atoms with E-state index < -0.39 is 0 Å². The fourth-order valence-electron chi connectivity index (χ4n) is 3.40. The lowest BCUT2D eigenvalue weighted by Crippen LogP contribution is -2.39. The molecule has 0 aromatic carbocycles. The van der Waals surface area contributed by atoms with Gasteiger partial charge in [-0.05, 0) is 50.4 Å². The van der Waals surface area contributed by atoms with Gasteiger partial charge in [0.2, 0.25) is 5.91 Å². The fraction of sp³-hybridized carbons (Fsp3) is 0.833. The highest BCUT2D eigenvalue weighted by Crippen LogP contribution is 2.34. The molecule has 2 nitrogen and oxygen atoms in total. The maximum atomic E-state index is 12.6. The molecule has 0 atom stereocenters. The average molecular weight is 275 g/mol. The second kappa shape index (κ2) is 7.72. The Balaban J connectivity index is 1.78. The highest BCUT2D eigenvalue weighted by atomic mass is 16.2. The number of carbonyl (C=O) groups excluding carboxylic acids is 1. The van der Waals surface area contributed by atoms with E-state index in [2.05, 4.69) is 12.8 Å². The van der Waals surface area contributed by atoms with Crippen molar-refractivity contribution in [2.75, 3.05) is 13.1 Å². The van der Waals surface area contributed by atoms with Gasteiger partial charge in [0, 0.05) is 12.5 Å². The van der Waals surface area contributed by atoms with Crippen molar-refractivity contribution in [2.24, 2.45) is 17.8 Å². The summed E-state index contributed by atoms with van der Waals surface area (Å²) in [7, 11) is 0. The molecule has 0 aromatic rings. The number of nitrogens with zero attached hydrogens (tertiary/aromatic N) is 1. The first kappa shape index (κ1) is 15.4. The van der Waals surface area contributed by atoms with E-state index in [4.69, 9.17) is 6.42 Å². The van der Waals surface area contributed by atoms with E-state index in [1.54, 1.807) is 0 Å². The van der Waals surface area contributed by atoms with E-state index >= 15 is 0 Å². The van der Waals surface area contributed by atoms with Crippen LogP contribution in [-0.2, 0) is 4.79 Å². The van der Waals surface area contributed by atoms with Crippen LogP contribution in [0.2, 0.25) is 0 Å². The molecule has 0 heterocycles. The molecule has 0 aliphatic heterocycles. The molecule has 2 heteroatoms. The summed E-state index contributed by atoms with van der Waals surface area (Å²) in [6, 6.07) is 0. The molecule has 2 saturated carbocycles. The molecule has 0 bridgehead atoms. The molecular weight excluding hydrogens is 246 g/mol. The van der Waals surface area contributed by atoms with Gasteiger partial charge in [0.05, 0.1) is 6.54 Å². The molecule has 0 spiro atoms. The van der Waals surface area contributed by atoms with Crippen LogP contribution in [0.3, 0.4) is 0 Å². The molecule has 0 N–H and O–H groups in total. The predicted molar refractivity (Wildman–Crippen MR) is 83.1 cm³/mol. The van der Waals surface area contributed by atoms with Gasteiger partial charge in [-0.15, -0.1) is 6.42 Å². The molecule has 20 heavy (non-hydrogen) atoms. The third kappa shape index (κ3) is 4.54. The fourth-order valence-corrected chi connectivity index (χ4v) is 3.40. The third-order valence-electron chi connectivity index (χ3n) is 4.93. The summed E-state index contributed by atoms with van der Waals surface area (Å²) in [5, 5.41) is 0. The molecule has 2 rings (SSSR count). The summed E-state index contributed by atoms with van der Waals surface area (Å²) in [5.41, 5.74) is 0. The standard InChI is InChI=1S/C18H29NO/c1-3-5-6-15-9-11-17(12-10-15)18(20)19(13-4-2)14-16-7-8-16/h2,15-17H,3,5-14H2,1H3. The Kier molecular flexibility index (Phi) is 5.95. The Morgan fingerprint density at radius 1 is 1.15 bits per heavy atom. The van der Waals surface area contributed by atoms with Crippen LogP contribution < -0.4 is 0 Å². The first-order chi connectivity index (χ1) is 9.74. The maximum Gasteiger partial charge on any atom is 0.226 e. The van der Waals surface area contributed by atoms with E-state index in [1.807, 2.05) is 4.90 Å². The van der Waals surface area contributed by atoms with Gasteiger partial charge < -0.3 is 4.90 Å². The number of unbranched alkanes of at least 4 members (excludes halogenated alkanes) is 1. The van der Waals surface area contributed by atoms with Crippen LogP contribution in [0.15, 0.2) is 0 Å². The summed E-state index contributed by atoms with van der Waals surface area (Å²) in [4.78, 5) is 14.6. The van der Waals surface area contributed by atoms with Crippen molar-refractivity contribution in [1.82, 2.24) is 4.90 Å². The Morgan fingerprint density at radius 2 is 1.80 bits per heavy atom. The summed E-state index contributed by atoms with van der Waals surface area (Å²) < 4.78 is 0. The second-order valence-electron chi connectivity index (χ2n) is 6.73. The normalized spacial score (nSPS) is 26.0. The number of amides is 1. The molecule has 1 amide bonds. The monoisotopic (exact) mass is 275 g/mol. The third-order valence-corrected chi connectivity index (χ3v) is 4.93. The minimum atomic E-state index is 0.250. The zero-order valence-corrected chi connectivity index (χ0v) is 12.9. The highest BCUT2D eigenvalue weighted by Gasteiger charge is 2.32. The number of hydrogen-bond donors (Lipinski definition) is 0. The van der Waals surface area contributed by atoms with Crippen LogP contribution in [0.25, 0.3) is 0 Å². The molecule has 112 valence electrons. The largest absolute Gasteiger partial charge is 0.331 e. The van der Waals surface area contributed by atoms with E-state index in [-0.39, 0.29) is 5.92 Å².